The Morgan fingerprint density at radius 1 is 1.17 bits per heavy atom. The van der Waals surface area contributed by atoms with Crippen LogP contribution in [-0.4, -0.2) is 32.6 Å². The summed E-state index contributed by atoms with van der Waals surface area (Å²) in [5.41, 5.74) is 1.15. The van der Waals surface area contributed by atoms with Crippen LogP contribution in [0.3, 0.4) is 0 Å². The number of hydrogen-bond donors (Lipinski definition) is 2. The maximum atomic E-state index is 12.5. The highest BCUT2D eigenvalue weighted by atomic mass is 32.2. The van der Waals surface area contributed by atoms with Crippen molar-refractivity contribution in [2.24, 2.45) is 11.8 Å². The molecule has 3 aromatic rings. The van der Waals surface area contributed by atoms with Gasteiger partial charge >= 0.3 is 0 Å². The van der Waals surface area contributed by atoms with E-state index >= 15 is 0 Å². The molecule has 0 saturated heterocycles. The van der Waals surface area contributed by atoms with Gasteiger partial charge in [0, 0.05) is 12.5 Å². The highest BCUT2D eigenvalue weighted by Crippen LogP contribution is 2.29. The van der Waals surface area contributed by atoms with Crippen LogP contribution in [0.2, 0.25) is 0 Å². The van der Waals surface area contributed by atoms with Crippen LogP contribution in [0, 0.1) is 11.8 Å². The van der Waals surface area contributed by atoms with Gasteiger partial charge in [0.2, 0.25) is 11.1 Å². The number of nitrogens with one attached hydrogen (secondary N) is 1. The minimum Gasteiger partial charge on any atom is -0.352 e. The summed E-state index contributed by atoms with van der Waals surface area (Å²) in [5, 5.41) is 14.6. The van der Waals surface area contributed by atoms with E-state index in [1.54, 1.807) is 0 Å². The monoisotopic (exact) mass is 423 g/mol. The van der Waals surface area contributed by atoms with E-state index in [9.17, 15) is 4.79 Å². The van der Waals surface area contributed by atoms with E-state index in [1.807, 2.05) is 18.2 Å². The lowest BCUT2D eigenvalue weighted by Gasteiger charge is -2.34. The molecular formula is C23H29N5OS. The van der Waals surface area contributed by atoms with E-state index in [4.69, 9.17) is 5.84 Å². The number of hydrogen-bond acceptors (Lipinski definition) is 5. The van der Waals surface area contributed by atoms with E-state index < -0.39 is 0 Å². The van der Waals surface area contributed by atoms with Gasteiger partial charge in [0.05, 0.1) is 5.75 Å². The summed E-state index contributed by atoms with van der Waals surface area (Å²) in [5.74, 6) is 8.42. The van der Waals surface area contributed by atoms with Gasteiger partial charge in [-0.3, -0.25) is 4.79 Å². The minimum atomic E-state index is 0.0320. The van der Waals surface area contributed by atoms with Gasteiger partial charge in [-0.1, -0.05) is 80.9 Å². The van der Waals surface area contributed by atoms with Crippen molar-refractivity contribution in [3.63, 3.8) is 0 Å². The van der Waals surface area contributed by atoms with Crippen molar-refractivity contribution in [3.8, 4) is 0 Å². The maximum absolute atomic E-state index is 12.5. The normalized spacial score (nSPS) is 21.6. The number of carbonyl (C=O) groups excluding carboxylic acids is 1. The summed E-state index contributed by atoms with van der Waals surface area (Å²) in [7, 11) is 0. The first-order valence-corrected chi connectivity index (χ1v) is 11.6. The summed E-state index contributed by atoms with van der Waals surface area (Å²) in [6.07, 6.45) is 4.08. The van der Waals surface area contributed by atoms with Crippen molar-refractivity contribution in [1.82, 2.24) is 20.2 Å². The summed E-state index contributed by atoms with van der Waals surface area (Å²) < 4.78 is 1.50. The molecule has 0 aliphatic heterocycles. The molecule has 3 N–H and O–H groups in total. The van der Waals surface area contributed by atoms with Crippen LogP contribution in [0.25, 0.3) is 10.8 Å². The number of nitrogens with zero attached hydrogens (tertiary/aromatic N) is 3. The second kappa shape index (κ2) is 9.08. The molecule has 1 heterocycles. The van der Waals surface area contributed by atoms with E-state index in [0.717, 1.165) is 12.0 Å². The van der Waals surface area contributed by atoms with Gasteiger partial charge in [-0.2, -0.15) is 0 Å². The van der Waals surface area contributed by atoms with Crippen LogP contribution in [0.4, 0.5) is 0 Å². The van der Waals surface area contributed by atoms with Gasteiger partial charge in [0.1, 0.15) is 0 Å². The van der Waals surface area contributed by atoms with E-state index in [-0.39, 0.29) is 11.9 Å². The van der Waals surface area contributed by atoms with Crippen LogP contribution in [0.15, 0.2) is 47.6 Å². The molecule has 1 aliphatic rings. The molecule has 3 unspecified atom stereocenters. The van der Waals surface area contributed by atoms with Crippen LogP contribution in [0.5, 0.6) is 0 Å². The van der Waals surface area contributed by atoms with Gasteiger partial charge in [-0.15, -0.1) is 10.2 Å². The minimum absolute atomic E-state index is 0.0320. The molecule has 2 aromatic carbocycles. The number of carbonyl (C=O) groups is 1. The quantitative estimate of drug-likeness (QED) is 0.466. The summed E-state index contributed by atoms with van der Waals surface area (Å²) in [6.45, 7) is 4.50. The van der Waals surface area contributed by atoms with E-state index in [0.29, 0.717) is 35.0 Å². The smallest absolute Gasteiger partial charge is 0.230 e. The van der Waals surface area contributed by atoms with Gasteiger partial charge in [-0.25, -0.2) is 4.68 Å². The van der Waals surface area contributed by atoms with Gasteiger partial charge in [-0.05, 0) is 34.6 Å². The molecule has 1 amide bonds. The summed E-state index contributed by atoms with van der Waals surface area (Å²) in [6, 6.07) is 14.8. The number of fused-ring (bicyclic) bond motifs is 1. The first-order chi connectivity index (χ1) is 14.5. The van der Waals surface area contributed by atoms with E-state index in [1.165, 1.54) is 40.1 Å². The number of nitrogens with two attached hydrogens (primary N) is 1. The van der Waals surface area contributed by atoms with Gasteiger partial charge < -0.3 is 11.2 Å². The van der Waals surface area contributed by atoms with Crippen molar-refractivity contribution in [1.29, 1.82) is 0 Å². The van der Waals surface area contributed by atoms with Crippen LogP contribution >= 0.6 is 11.8 Å². The molecule has 0 radical (unpaired) electrons. The lowest BCUT2D eigenvalue weighted by Crippen LogP contribution is -2.44. The van der Waals surface area contributed by atoms with E-state index in [2.05, 4.69) is 53.6 Å². The number of thioether (sulfide) groups is 1. The molecule has 30 heavy (non-hydrogen) atoms. The van der Waals surface area contributed by atoms with Crippen LogP contribution < -0.4 is 11.2 Å². The summed E-state index contributed by atoms with van der Waals surface area (Å²) in [4.78, 5) is 12.5. The third-order valence-corrected chi connectivity index (χ3v) is 7.29. The number of aromatic nitrogens is 3. The molecule has 0 spiro atoms. The molecule has 6 nitrogen and oxygen atoms in total. The van der Waals surface area contributed by atoms with Crippen molar-refractivity contribution in [2.45, 2.75) is 50.7 Å². The molecule has 1 aromatic heterocycles. The fraction of sp³-hybridized carbons (Fsp3) is 0.435. The lowest BCUT2D eigenvalue weighted by molar-refractivity contribution is -0.120. The average Bonchev–Trinajstić information content (AvgIpc) is 3.09. The Morgan fingerprint density at radius 3 is 2.83 bits per heavy atom. The van der Waals surface area contributed by atoms with Crippen molar-refractivity contribution >= 4 is 28.4 Å². The first-order valence-electron chi connectivity index (χ1n) is 10.6. The maximum Gasteiger partial charge on any atom is 0.230 e. The number of benzene rings is 2. The Balaban J connectivity index is 1.38. The molecule has 1 aliphatic carbocycles. The topological polar surface area (TPSA) is 85.8 Å². The molecule has 1 fully saturated rings. The highest BCUT2D eigenvalue weighted by Gasteiger charge is 2.28. The number of nitrogen functional groups attached to an aromatic ring is 1. The largest absolute Gasteiger partial charge is 0.352 e. The average molecular weight is 424 g/mol. The molecule has 0 bridgehead atoms. The first kappa shape index (κ1) is 20.7. The van der Waals surface area contributed by atoms with Gasteiger partial charge in [0.25, 0.3) is 0 Å². The Kier molecular flexibility index (Phi) is 6.27. The zero-order valence-electron chi connectivity index (χ0n) is 17.5. The lowest BCUT2D eigenvalue weighted by atomic mass is 9.78. The highest BCUT2D eigenvalue weighted by molar-refractivity contribution is 7.99. The van der Waals surface area contributed by atoms with Crippen molar-refractivity contribution < 1.29 is 4.79 Å². The predicted octanol–water partition coefficient (Wildman–Crippen LogP) is 3.77. The third-order valence-electron chi connectivity index (χ3n) is 6.35. The van der Waals surface area contributed by atoms with Crippen LogP contribution in [0.1, 0.15) is 44.5 Å². The number of rotatable bonds is 6. The second-order valence-electron chi connectivity index (χ2n) is 8.31. The zero-order valence-corrected chi connectivity index (χ0v) is 18.4. The molecule has 158 valence electrons. The standard InChI is InChI=1S/C23H29N5OS/c1-15-7-5-12-20(16(15)2)25-22(29)14-30-23-27-26-21(28(23)24)13-18-10-6-9-17-8-3-4-11-19(17)18/h3-4,6,8-11,15-16,20H,5,7,12-14,24H2,1-2H3,(H,25,29). The fourth-order valence-corrected chi connectivity index (χ4v) is 4.99. The SMILES string of the molecule is CC1CCCC(NC(=O)CSc2nnc(Cc3cccc4ccccc34)n2N)C1C. The van der Waals surface area contributed by atoms with Gasteiger partial charge in [0.15, 0.2) is 5.82 Å². The van der Waals surface area contributed by atoms with Crippen molar-refractivity contribution in [3.05, 3.63) is 53.9 Å². The molecular weight excluding hydrogens is 394 g/mol. The predicted molar refractivity (Wildman–Crippen MR) is 122 cm³/mol. The number of amides is 1. The third kappa shape index (κ3) is 4.46. The Morgan fingerprint density at radius 2 is 1.97 bits per heavy atom. The molecule has 3 atom stereocenters. The summed E-state index contributed by atoms with van der Waals surface area (Å²) >= 11 is 1.33. The fourth-order valence-electron chi connectivity index (χ4n) is 4.31. The van der Waals surface area contributed by atoms with Crippen LogP contribution in [-0.2, 0) is 11.2 Å². The molecule has 7 heteroatoms. The Hall–Kier alpha value is -2.54. The van der Waals surface area contributed by atoms with Crippen molar-refractivity contribution in [2.75, 3.05) is 11.6 Å². The Bertz CT molecular complexity index is 1030. The molecule has 1 saturated carbocycles. The zero-order chi connectivity index (χ0) is 21.1. The molecule has 4 rings (SSSR count). The Labute approximate surface area is 181 Å². The second-order valence-corrected chi connectivity index (χ2v) is 9.26.